The van der Waals surface area contributed by atoms with Crippen LogP contribution in [-0.2, 0) is 6.18 Å². The average Bonchev–Trinajstić information content (AvgIpc) is 2.84. The Bertz CT molecular complexity index is 822. The third-order valence-corrected chi connectivity index (χ3v) is 9.80. The molecular formula is C30H42F6. The summed E-state index contributed by atoms with van der Waals surface area (Å²) in [4.78, 5) is 0. The fourth-order valence-electron chi connectivity index (χ4n) is 7.64. The minimum atomic E-state index is -4.71. The molecule has 1 aromatic carbocycles. The molecule has 4 rings (SSSR count). The van der Waals surface area contributed by atoms with Crippen LogP contribution in [-0.4, -0.2) is 5.92 Å². The van der Waals surface area contributed by atoms with Crippen LogP contribution in [0.1, 0.15) is 120 Å². The molecule has 6 heteroatoms. The molecule has 0 heterocycles. The normalized spacial score (nSPS) is 32.4. The van der Waals surface area contributed by atoms with Gasteiger partial charge in [-0.2, -0.15) is 13.2 Å². The van der Waals surface area contributed by atoms with Gasteiger partial charge in [0.25, 0.3) is 5.92 Å². The lowest BCUT2D eigenvalue weighted by Gasteiger charge is -2.40. The Kier molecular flexibility index (Phi) is 9.03. The van der Waals surface area contributed by atoms with E-state index in [1.54, 1.807) is 0 Å². The molecular weight excluding hydrogens is 474 g/mol. The summed E-state index contributed by atoms with van der Waals surface area (Å²) in [6.45, 7) is 2.25. The van der Waals surface area contributed by atoms with Crippen molar-refractivity contribution < 1.29 is 26.3 Å². The van der Waals surface area contributed by atoms with Crippen molar-refractivity contribution in [3.8, 4) is 0 Å². The molecule has 3 aliphatic rings. The van der Waals surface area contributed by atoms with Crippen LogP contribution in [0.5, 0.6) is 0 Å². The molecule has 3 saturated carbocycles. The first-order chi connectivity index (χ1) is 17.1. The van der Waals surface area contributed by atoms with Crippen LogP contribution in [0.25, 0.3) is 0 Å². The minimum absolute atomic E-state index is 0.0606. The van der Waals surface area contributed by atoms with Gasteiger partial charge in [0.1, 0.15) is 5.82 Å². The van der Waals surface area contributed by atoms with Crippen LogP contribution in [0.3, 0.4) is 0 Å². The summed E-state index contributed by atoms with van der Waals surface area (Å²) in [5, 5.41) is 0. The highest BCUT2D eigenvalue weighted by Crippen LogP contribution is 2.49. The van der Waals surface area contributed by atoms with Crippen molar-refractivity contribution in [2.75, 3.05) is 0 Å². The summed E-state index contributed by atoms with van der Waals surface area (Å²) in [5.74, 6) is -2.32. The molecule has 3 aliphatic carbocycles. The van der Waals surface area contributed by atoms with Crippen molar-refractivity contribution in [2.45, 2.75) is 121 Å². The predicted molar refractivity (Wildman–Crippen MR) is 131 cm³/mol. The van der Waals surface area contributed by atoms with E-state index < -0.39 is 29.4 Å². The predicted octanol–water partition coefficient (Wildman–Crippen LogP) is 10.6. The van der Waals surface area contributed by atoms with E-state index in [1.165, 1.54) is 44.6 Å². The van der Waals surface area contributed by atoms with Crippen molar-refractivity contribution in [3.05, 3.63) is 35.1 Å². The van der Waals surface area contributed by atoms with Gasteiger partial charge < -0.3 is 0 Å². The van der Waals surface area contributed by atoms with E-state index >= 15 is 8.78 Å². The molecule has 0 spiro atoms. The van der Waals surface area contributed by atoms with E-state index in [0.29, 0.717) is 50.0 Å². The lowest BCUT2D eigenvalue weighted by molar-refractivity contribution is -0.140. The van der Waals surface area contributed by atoms with Crippen molar-refractivity contribution in [2.24, 2.45) is 29.6 Å². The van der Waals surface area contributed by atoms with Gasteiger partial charge in [0.2, 0.25) is 0 Å². The second kappa shape index (κ2) is 11.7. The zero-order chi connectivity index (χ0) is 25.9. The van der Waals surface area contributed by atoms with Gasteiger partial charge in [-0.1, -0.05) is 38.7 Å². The molecule has 0 radical (unpaired) electrons. The standard InChI is InChI=1S/C30H42F6/c1-2-3-20-4-8-22(9-5-20)23-12-15-26(16-13-23)29(32,33)19-21-6-10-24(11-7-21)25-14-17-27(28(31)18-25)30(34,35)36/h14,17-18,20-24,26H,2-13,15-16,19H2,1H3. The van der Waals surface area contributed by atoms with E-state index in [0.717, 1.165) is 36.8 Å². The van der Waals surface area contributed by atoms with Gasteiger partial charge in [0.15, 0.2) is 0 Å². The van der Waals surface area contributed by atoms with Gasteiger partial charge >= 0.3 is 6.18 Å². The van der Waals surface area contributed by atoms with Gasteiger partial charge in [-0.25, -0.2) is 13.2 Å². The van der Waals surface area contributed by atoms with Crippen LogP contribution >= 0.6 is 0 Å². The lowest BCUT2D eigenvalue weighted by Crippen LogP contribution is -2.36. The molecule has 1 aromatic rings. The summed E-state index contributed by atoms with van der Waals surface area (Å²) in [5.41, 5.74) is -0.703. The molecule has 0 aliphatic heterocycles. The van der Waals surface area contributed by atoms with Crippen LogP contribution < -0.4 is 0 Å². The second-order valence-corrected chi connectivity index (χ2v) is 12.1. The van der Waals surface area contributed by atoms with E-state index in [1.807, 2.05) is 0 Å². The quantitative estimate of drug-likeness (QED) is 0.316. The Morgan fingerprint density at radius 2 is 1.28 bits per heavy atom. The van der Waals surface area contributed by atoms with Crippen molar-refractivity contribution >= 4 is 0 Å². The Balaban J connectivity index is 1.22. The Morgan fingerprint density at radius 3 is 1.81 bits per heavy atom. The third-order valence-electron chi connectivity index (χ3n) is 9.80. The number of hydrogen-bond donors (Lipinski definition) is 0. The Hall–Kier alpha value is -1.20. The molecule has 3 fully saturated rings. The smallest absolute Gasteiger partial charge is 0.207 e. The van der Waals surface area contributed by atoms with Crippen molar-refractivity contribution in [1.29, 1.82) is 0 Å². The van der Waals surface area contributed by atoms with E-state index in [-0.39, 0.29) is 18.3 Å². The number of hydrogen-bond acceptors (Lipinski definition) is 0. The molecule has 0 unspecified atom stereocenters. The van der Waals surface area contributed by atoms with E-state index in [2.05, 4.69) is 6.92 Å². The van der Waals surface area contributed by atoms with Crippen LogP contribution in [0, 0.1) is 35.4 Å². The lowest BCUT2D eigenvalue weighted by atomic mass is 9.67. The molecule has 0 amide bonds. The fraction of sp³-hybridized carbons (Fsp3) is 0.800. The molecule has 204 valence electrons. The van der Waals surface area contributed by atoms with Crippen LogP contribution in [0.2, 0.25) is 0 Å². The van der Waals surface area contributed by atoms with Gasteiger partial charge in [0.05, 0.1) is 5.56 Å². The molecule has 0 nitrogen and oxygen atoms in total. The molecule has 0 atom stereocenters. The second-order valence-electron chi connectivity index (χ2n) is 12.1. The molecule has 36 heavy (non-hydrogen) atoms. The summed E-state index contributed by atoms with van der Waals surface area (Å²) < 4.78 is 83.0. The first kappa shape index (κ1) is 27.8. The minimum Gasteiger partial charge on any atom is -0.207 e. The highest BCUT2D eigenvalue weighted by molar-refractivity contribution is 5.29. The molecule has 0 aromatic heterocycles. The first-order valence-electron chi connectivity index (χ1n) is 14.3. The monoisotopic (exact) mass is 516 g/mol. The largest absolute Gasteiger partial charge is 0.419 e. The summed E-state index contributed by atoms with van der Waals surface area (Å²) in [7, 11) is 0. The van der Waals surface area contributed by atoms with Gasteiger partial charge in [0, 0.05) is 12.3 Å². The SMILES string of the molecule is CCCC1CCC(C2CCC(C(F)(F)CC3CCC(c4ccc(C(F)(F)F)c(F)c4)CC3)CC2)CC1. The van der Waals surface area contributed by atoms with E-state index in [4.69, 9.17) is 0 Å². The molecule has 0 saturated heterocycles. The fourth-order valence-corrected chi connectivity index (χ4v) is 7.64. The zero-order valence-corrected chi connectivity index (χ0v) is 21.6. The highest BCUT2D eigenvalue weighted by Gasteiger charge is 2.44. The summed E-state index contributed by atoms with van der Waals surface area (Å²) in [6.07, 6.45) is 8.62. The number of rotatable bonds is 7. The number of halogens is 6. The maximum absolute atomic E-state index is 15.3. The first-order valence-corrected chi connectivity index (χ1v) is 14.3. The zero-order valence-electron chi connectivity index (χ0n) is 21.6. The third kappa shape index (κ3) is 6.81. The van der Waals surface area contributed by atoms with Gasteiger partial charge in [-0.15, -0.1) is 0 Å². The average molecular weight is 517 g/mol. The molecule has 0 bridgehead atoms. The van der Waals surface area contributed by atoms with Crippen LogP contribution in [0.15, 0.2) is 18.2 Å². The van der Waals surface area contributed by atoms with E-state index in [9.17, 15) is 17.6 Å². The topological polar surface area (TPSA) is 0 Å². The summed E-state index contributed by atoms with van der Waals surface area (Å²) in [6, 6.07) is 3.13. The van der Waals surface area contributed by atoms with Crippen molar-refractivity contribution in [1.82, 2.24) is 0 Å². The Morgan fingerprint density at radius 1 is 0.722 bits per heavy atom. The molecule has 0 N–H and O–H groups in total. The highest BCUT2D eigenvalue weighted by atomic mass is 19.4. The Labute approximate surface area is 212 Å². The van der Waals surface area contributed by atoms with Gasteiger partial charge in [-0.3, -0.25) is 0 Å². The van der Waals surface area contributed by atoms with Gasteiger partial charge in [-0.05, 0) is 111 Å². The number of benzene rings is 1. The summed E-state index contributed by atoms with van der Waals surface area (Å²) >= 11 is 0. The van der Waals surface area contributed by atoms with Crippen molar-refractivity contribution in [3.63, 3.8) is 0 Å². The van der Waals surface area contributed by atoms with Crippen LogP contribution in [0.4, 0.5) is 26.3 Å². The maximum atomic E-state index is 15.3. The maximum Gasteiger partial charge on any atom is 0.419 e. The number of alkyl halides is 5.